The normalized spacial score (nSPS) is 17.5. The Balaban J connectivity index is 2.25. The summed E-state index contributed by atoms with van der Waals surface area (Å²) >= 11 is 0. The van der Waals surface area contributed by atoms with E-state index in [0.717, 1.165) is 16.4 Å². The van der Waals surface area contributed by atoms with Crippen molar-refractivity contribution in [3.63, 3.8) is 0 Å². The Labute approximate surface area is 121 Å². The van der Waals surface area contributed by atoms with Gasteiger partial charge in [0.05, 0.1) is 4.90 Å². The summed E-state index contributed by atoms with van der Waals surface area (Å²) < 4.78 is 52.2. The third-order valence-electron chi connectivity index (χ3n) is 3.24. The van der Waals surface area contributed by atoms with Gasteiger partial charge in [0.1, 0.15) is 11.6 Å². The third-order valence-corrected chi connectivity index (χ3v) is 5.12. The average molecular weight is 319 g/mol. The van der Waals surface area contributed by atoms with Gasteiger partial charge in [-0.1, -0.05) is 0 Å². The van der Waals surface area contributed by atoms with E-state index in [2.05, 4.69) is 0 Å². The molecule has 0 bridgehead atoms. The van der Waals surface area contributed by atoms with Crippen LogP contribution in [-0.2, 0) is 10.0 Å². The van der Waals surface area contributed by atoms with Crippen molar-refractivity contribution in [1.82, 2.24) is 9.21 Å². The minimum absolute atomic E-state index is 0.0312. The first-order chi connectivity index (χ1) is 9.80. The maximum Gasteiger partial charge on any atom is 0.314 e. The molecule has 1 saturated heterocycles. The van der Waals surface area contributed by atoms with Crippen molar-refractivity contribution in [2.24, 2.45) is 5.73 Å². The molecule has 1 fully saturated rings. The number of nitrogens with zero attached hydrogens (tertiary/aromatic N) is 2. The number of rotatable bonds is 2. The third kappa shape index (κ3) is 3.48. The molecule has 1 aliphatic heterocycles. The van der Waals surface area contributed by atoms with Crippen molar-refractivity contribution in [3.05, 3.63) is 29.8 Å². The Kier molecular flexibility index (Phi) is 4.43. The van der Waals surface area contributed by atoms with Crippen LogP contribution >= 0.6 is 0 Å². The highest BCUT2D eigenvalue weighted by molar-refractivity contribution is 7.89. The number of carbonyl (C=O) groups is 1. The first-order valence-corrected chi connectivity index (χ1v) is 7.75. The van der Waals surface area contributed by atoms with Crippen molar-refractivity contribution in [3.8, 4) is 0 Å². The minimum atomic E-state index is -4.00. The number of hydrogen-bond acceptors (Lipinski definition) is 3. The van der Waals surface area contributed by atoms with Crippen LogP contribution in [0.1, 0.15) is 6.42 Å². The smallest absolute Gasteiger partial charge is 0.314 e. The molecular formula is C12H15F2N3O3S. The van der Waals surface area contributed by atoms with Gasteiger partial charge in [-0.05, 0) is 18.6 Å². The number of sulfonamides is 1. The molecule has 1 aromatic rings. The first-order valence-electron chi connectivity index (χ1n) is 6.31. The molecule has 2 rings (SSSR count). The number of benzene rings is 1. The van der Waals surface area contributed by atoms with Gasteiger partial charge in [-0.2, -0.15) is 4.31 Å². The Morgan fingerprint density at radius 3 is 2.24 bits per heavy atom. The van der Waals surface area contributed by atoms with Gasteiger partial charge in [0.25, 0.3) is 0 Å². The lowest BCUT2D eigenvalue weighted by Gasteiger charge is -2.20. The molecule has 0 atom stereocenters. The molecule has 1 aromatic carbocycles. The molecule has 116 valence electrons. The topological polar surface area (TPSA) is 83.7 Å². The quantitative estimate of drug-likeness (QED) is 0.872. The first kappa shape index (κ1) is 15.6. The summed E-state index contributed by atoms with van der Waals surface area (Å²) in [6.45, 7) is 0.679. The van der Waals surface area contributed by atoms with E-state index < -0.39 is 32.6 Å². The van der Waals surface area contributed by atoms with E-state index in [1.807, 2.05) is 0 Å². The van der Waals surface area contributed by atoms with Gasteiger partial charge in [-0.3, -0.25) is 0 Å². The minimum Gasteiger partial charge on any atom is -0.351 e. The highest BCUT2D eigenvalue weighted by atomic mass is 32.2. The Morgan fingerprint density at radius 1 is 1.05 bits per heavy atom. The molecule has 0 aromatic heterocycles. The van der Waals surface area contributed by atoms with Gasteiger partial charge in [0.2, 0.25) is 10.0 Å². The zero-order valence-corrected chi connectivity index (χ0v) is 11.9. The predicted octanol–water partition coefficient (Wildman–Crippen LogP) is 0.740. The number of nitrogens with two attached hydrogens (primary N) is 1. The van der Waals surface area contributed by atoms with Gasteiger partial charge in [-0.25, -0.2) is 22.0 Å². The summed E-state index contributed by atoms with van der Waals surface area (Å²) in [6.07, 6.45) is 0.403. The lowest BCUT2D eigenvalue weighted by atomic mass is 10.3. The second kappa shape index (κ2) is 5.94. The van der Waals surface area contributed by atoms with Crippen LogP contribution in [0.25, 0.3) is 0 Å². The van der Waals surface area contributed by atoms with Crippen molar-refractivity contribution in [1.29, 1.82) is 0 Å². The number of carbonyl (C=O) groups excluding carboxylic acids is 1. The van der Waals surface area contributed by atoms with Crippen LogP contribution in [0.3, 0.4) is 0 Å². The van der Waals surface area contributed by atoms with E-state index >= 15 is 0 Å². The van der Waals surface area contributed by atoms with Crippen LogP contribution < -0.4 is 5.73 Å². The second-order valence-electron chi connectivity index (χ2n) is 4.69. The lowest BCUT2D eigenvalue weighted by Crippen LogP contribution is -2.39. The molecule has 0 radical (unpaired) electrons. The SMILES string of the molecule is NC(=O)N1CCCN(S(=O)(=O)c2cc(F)cc(F)c2)CC1. The van der Waals surface area contributed by atoms with E-state index in [4.69, 9.17) is 5.73 Å². The second-order valence-corrected chi connectivity index (χ2v) is 6.63. The van der Waals surface area contributed by atoms with Crippen LogP contribution in [0.15, 0.2) is 23.1 Å². The largest absolute Gasteiger partial charge is 0.351 e. The lowest BCUT2D eigenvalue weighted by molar-refractivity contribution is 0.210. The van der Waals surface area contributed by atoms with Crippen molar-refractivity contribution in [2.75, 3.05) is 26.2 Å². The zero-order valence-electron chi connectivity index (χ0n) is 11.1. The number of urea groups is 1. The van der Waals surface area contributed by atoms with Gasteiger partial charge < -0.3 is 10.6 Å². The monoisotopic (exact) mass is 319 g/mol. The van der Waals surface area contributed by atoms with Crippen LogP contribution in [-0.4, -0.2) is 49.8 Å². The maximum absolute atomic E-state index is 13.2. The fourth-order valence-corrected chi connectivity index (χ4v) is 3.69. The molecule has 0 unspecified atom stereocenters. The van der Waals surface area contributed by atoms with Crippen molar-refractivity contribution in [2.45, 2.75) is 11.3 Å². The Hall–Kier alpha value is -1.74. The van der Waals surface area contributed by atoms with Crippen molar-refractivity contribution >= 4 is 16.1 Å². The number of hydrogen-bond donors (Lipinski definition) is 1. The molecule has 0 aliphatic carbocycles. The Bertz CT molecular complexity index is 631. The van der Waals surface area contributed by atoms with Crippen LogP contribution in [0.2, 0.25) is 0 Å². The molecule has 0 saturated carbocycles. The van der Waals surface area contributed by atoms with Gasteiger partial charge >= 0.3 is 6.03 Å². The standard InChI is InChI=1S/C12H15F2N3O3S/c13-9-6-10(14)8-11(7-9)21(19,20)17-3-1-2-16(4-5-17)12(15)18/h6-8H,1-5H2,(H2,15,18). The summed E-state index contributed by atoms with van der Waals surface area (Å²) in [5.74, 6) is -1.91. The Morgan fingerprint density at radius 2 is 1.67 bits per heavy atom. The fraction of sp³-hybridized carbons (Fsp3) is 0.417. The van der Waals surface area contributed by atoms with Gasteiger partial charge in [0, 0.05) is 32.2 Å². The number of primary amides is 1. The number of halogens is 2. The summed E-state index contributed by atoms with van der Waals surface area (Å²) in [5, 5.41) is 0. The predicted molar refractivity (Wildman–Crippen MR) is 70.9 cm³/mol. The molecule has 2 N–H and O–H groups in total. The van der Waals surface area contributed by atoms with Crippen LogP contribution in [0, 0.1) is 11.6 Å². The van der Waals surface area contributed by atoms with E-state index in [1.54, 1.807) is 0 Å². The van der Waals surface area contributed by atoms with E-state index in [-0.39, 0.29) is 19.6 Å². The summed E-state index contributed by atoms with van der Waals surface area (Å²) in [6, 6.07) is 1.53. The van der Waals surface area contributed by atoms with Gasteiger partial charge in [-0.15, -0.1) is 0 Å². The molecule has 1 aliphatic rings. The molecule has 9 heteroatoms. The summed E-state index contributed by atoms with van der Waals surface area (Å²) in [4.78, 5) is 12.0. The van der Waals surface area contributed by atoms with Crippen LogP contribution in [0.4, 0.5) is 13.6 Å². The van der Waals surface area contributed by atoms with Crippen molar-refractivity contribution < 1.29 is 22.0 Å². The molecule has 1 heterocycles. The molecular weight excluding hydrogens is 304 g/mol. The van der Waals surface area contributed by atoms with E-state index in [1.165, 1.54) is 4.90 Å². The fourth-order valence-electron chi connectivity index (χ4n) is 2.18. The molecule has 21 heavy (non-hydrogen) atoms. The molecule has 2 amide bonds. The maximum atomic E-state index is 13.2. The van der Waals surface area contributed by atoms with Crippen LogP contribution in [0.5, 0.6) is 0 Å². The molecule has 6 nitrogen and oxygen atoms in total. The number of amides is 2. The molecule has 0 spiro atoms. The summed E-state index contributed by atoms with van der Waals surface area (Å²) in [7, 11) is -4.00. The van der Waals surface area contributed by atoms with Gasteiger partial charge in [0.15, 0.2) is 0 Å². The summed E-state index contributed by atoms with van der Waals surface area (Å²) in [5.41, 5.74) is 5.16. The van der Waals surface area contributed by atoms with E-state index in [0.29, 0.717) is 19.0 Å². The van der Waals surface area contributed by atoms with E-state index in [9.17, 15) is 22.0 Å². The highest BCUT2D eigenvalue weighted by Gasteiger charge is 2.28. The average Bonchev–Trinajstić information content (AvgIpc) is 2.63. The highest BCUT2D eigenvalue weighted by Crippen LogP contribution is 2.20. The zero-order chi connectivity index (χ0) is 15.6.